The molecule has 140 valence electrons. The Labute approximate surface area is 165 Å². The fourth-order valence-electron chi connectivity index (χ4n) is 3.03. The molecule has 2 aromatic rings. The first-order chi connectivity index (χ1) is 12.9. The number of hydrogen-bond acceptors (Lipinski definition) is 5. The smallest absolute Gasteiger partial charge is 0.232 e. The van der Waals surface area contributed by atoms with Crippen LogP contribution in [-0.2, 0) is 14.4 Å². The molecule has 2 atom stereocenters. The fraction of sp³-hybridized carbons (Fsp3) is 0.278. The predicted octanol–water partition coefficient (Wildman–Crippen LogP) is 2.11. The second kappa shape index (κ2) is 8.02. The van der Waals surface area contributed by atoms with Crippen molar-refractivity contribution >= 4 is 41.4 Å². The molecule has 2 saturated heterocycles. The summed E-state index contributed by atoms with van der Waals surface area (Å²) in [5.74, 6) is -1.09. The zero-order valence-electron chi connectivity index (χ0n) is 14.4. The van der Waals surface area contributed by atoms with Gasteiger partial charge in [0.2, 0.25) is 18.2 Å². The minimum Gasteiger partial charge on any atom is -0.344 e. The summed E-state index contributed by atoms with van der Waals surface area (Å²) < 4.78 is 0. The first-order valence-corrected chi connectivity index (χ1v) is 8.92. The lowest BCUT2D eigenvalue weighted by Crippen LogP contribution is -2.30. The van der Waals surface area contributed by atoms with Crippen molar-refractivity contribution in [2.45, 2.75) is 6.92 Å². The normalized spacial score (nSPS) is 20.6. The van der Waals surface area contributed by atoms with E-state index >= 15 is 0 Å². The van der Waals surface area contributed by atoms with E-state index in [9.17, 15) is 14.4 Å². The second-order valence-corrected chi connectivity index (χ2v) is 7.11. The number of carbonyl (C=O) groups is 3. The minimum absolute atomic E-state index is 0.241. The highest BCUT2D eigenvalue weighted by Crippen LogP contribution is 2.28. The first kappa shape index (κ1) is 19.3. The van der Waals surface area contributed by atoms with Crippen molar-refractivity contribution in [1.29, 1.82) is 0 Å². The lowest BCUT2D eigenvalue weighted by atomic mass is 10.00. The molecule has 0 bridgehead atoms. The molecule has 1 aromatic heterocycles. The number of imide groups is 1. The van der Waals surface area contributed by atoms with Crippen LogP contribution in [0.15, 0.2) is 30.6 Å². The van der Waals surface area contributed by atoms with Crippen LogP contribution in [-0.4, -0.2) is 46.2 Å². The van der Waals surface area contributed by atoms with E-state index in [4.69, 9.17) is 23.2 Å². The molecule has 0 radical (unpaired) electrons. The van der Waals surface area contributed by atoms with Gasteiger partial charge in [-0.05, 0) is 25.1 Å². The highest BCUT2D eigenvalue weighted by atomic mass is 35.5. The number of aromatic nitrogens is 2. The number of nitrogens with one attached hydrogen (secondary N) is 1. The maximum Gasteiger partial charge on any atom is 0.232 e. The third kappa shape index (κ3) is 4.26. The van der Waals surface area contributed by atoms with Crippen molar-refractivity contribution in [2.24, 2.45) is 11.8 Å². The van der Waals surface area contributed by atoms with Gasteiger partial charge in [-0.15, -0.1) is 0 Å². The Hall–Kier alpha value is -2.51. The topological polar surface area (TPSA) is 92.3 Å². The highest BCUT2D eigenvalue weighted by molar-refractivity contribution is 6.42. The third-order valence-corrected chi connectivity index (χ3v) is 5.18. The van der Waals surface area contributed by atoms with E-state index in [-0.39, 0.29) is 23.7 Å². The molecule has 2 aliphatic heterocycles. The lowest BCUT2D eigenvalue weighted by Gasteiger charge is -2.08. The summed E-state index contributed by atoms with van der Waals surface area (Å²) in [6.07, 6.45) is 2.21. The molecule has 0 spiro atoms. The average Bonchev–Trinajstić information content (AvgIpc) is 3.19. The van der Waals surface area contributed by atoms with Gasteiger partial charge in [0.05, 0.1) is 27.6 Å². The molecule has 7 nitrogen and oxygen atoms in total. The SMILES string of the molecule is Cc1cc(-c2ccc(Cl)c(Cl)c2)ncn1.O=CN1CC2C(=O)NC(=O)C2C1. The van der Waals surface area contributed by atoms with Gasteiger partial charge < -0.3 is 4.90 Å². The quantitative estimate of drug-likeness (QED) is 0.608. The van der Waals surface area contributed by atoms with E-state index in [1.165, 1.54) is 11.2 Å². The number of aryl methyl sites for hydroxylation is 1. The van der Waals surface area contributed by atoms with Gasteiger partial charge in [0.25, 0.3) is 0 Å². The number of benzene rings is 1. The molecule has 3 amide bonds. The van der Waals surface area contributed by atoms with Crippen LogP contribution in [0.3, 0.4) is 0 Å². The van der Waals surface area contributed by atoms with Gasteiger partial charge in [0, 0.05) is 24.3 Å². The standard InChI is InChI=1S/C11H8Cl2N2.C7H8N2O3/c1-7-4-11(15-6-14-7)8-2-3-9(12)10(13)5-8;10-3-9-1-4-5(2-9)7(12)8-6(4)11/h2-6H,1H3;3-5H,1-2H2,(H,8,11,12). The van der Waals surface area contributed by atoms with Crippen LogP contribution in [0.5, 0.6) is 0 Å². The van der Waals surface area contributed by atoms with Crippen LogP contribution >= 0.6 is 23.2 Å². The number of rotatable bonds is 2. The number of fused-ring (bicyclic) bond motifs is 1. The molecular formula is C18H16Cl2N4O3. The van der Waals surface area contributed by atoms with Crippen molar-refractivity contribution in [3.63, 3.8) is 0 Å². The van der Waals surface area contributed by atoms with Gasteiger partial charge in [-0.25, -0.2) is 9.97 Å². The van der Waals surface area contributed by atoms with Crippen molar-refractivity contribution in [3.05, 3.63) is 46.3 Å². The van der Waals surface area contributed by atoms with Crippen molar-refractivity contribution in [1.82, 2.24) is 20.2 Å². The number of likely N-dealkylation sites (tertiary alicyclic amines) is 1. The Balaban J connectivity index is 0.000000159. The Morgan fingerprint density at radius 3 is 2.30 bits per heavy atom. The molecule has 1 aromatic carbocycles. The van der Waals surface area contributed by atoms with E-state index < -0.39 is 0 Å². The van der Waals surface area contributed by atoms with Gasteiger partial charge in [0.15, 0.2) is 0 Å². The lowest BCUT2D eigenvalue weighted by molar-refractivity contribution is -0.127. The van der Waals surface area contributed by atoms with E-state index in [2.05, 4.69) is 15.3 Å². The summed E-state index contributed by atoms with van der Waals surface area (Å²) in [5.41, 5.74) is 2.71. The number of amides is 3. The van der Waals surface area contributed by atoms with Crippen molar-refractivity contribution in [3.8, 4) is 11.3 Å². The number of halogens is 2. The summed E-state index contributed by atoms with van der Waals surface area (Å²) >= 11 is 11.8. The average molecular weight is 407 g/mol. The van der Waals surface area contributed by atoms with Crippen LogP contribution < -0.4 is 5.32 Å². The summed E-state index contributed by atoms with van der Waals surface area (Å²) in [6.45, 7) is 2.68. The van der Waals surface area contributed by atoms with Crippen LogP contribution in [0, 0.1) is 18.8 Å². The molecule has 9 heteroatoms. The van der Waals surface area contributed by atoms with E-state index in [1.807, 2.05) is 19.1 Å². The van der Waals surface area contributed by atoms with Crippen LogP contribution in [0.25, 0.3) is 11.3 Å². The van der Waals surface area contributed by atoms with Crippen LogP contribution in [0.1, 0.15) is 5.69 Å². The molecule has 0 saturated carbocycles. The molecule has 2 fully saturated rings. The number of hydrogen-bond donors (Lipinski definition) is 1. The first-order valence-electron chi connectivity index (χ1n) is 8.17. The summed E-state index contributed by atoms with van der Waals surface area (Å²) in [6, 6.07) is 7.35. The molecule has 3 heterocycles. The maximum atomic E-state index is 11.1. The Bertz CT molecular complexity index is 884. The van der Waals surface area contributed by atoms with Gasteiger partial charge in [-0.2, -0.15) is 0 Å². The molecule has 27 heavy (non-hydrogen) atoms. The highest BCUT2D eigenvalue weighted by Gasteiger charge is 2.47. The largest absolute Gasteiger partial charge is 0.344 e. The minimum atomic E-state index is -0.303. The number of carbonyl (C=O) groups excluding carboxylic acids is 3. The summed E-state index contributed by atoms with van der Waals surface area (Å²) in [7, 11) is 0. The molecule has 1 N–H and O–H groups in total. The molecule has 2 unspecified atom stereocenters. The Morgan fingerprint density at radius 2 is 1.74 bits per heavy atom. The molecular weight excluding hydrogens is 391 g/mol. The van der Waals surface area contributed by atoms with Crippen LogP contribution in [0.4, 0.5) is 0 Å². The van der Waals surface area contributed by atoms with Crippen LogP contribution in [0.2, 0.25) is 10.0 Å². The Kier molecular flexibility index (Phi) is 5.72. The molecule has 4 rings (SSSR count). The number of nitrogens with zero attached hydrogens (tertiary/aromatic N) is 3. The van der Waals surface area contributed by atoms with Gasteiger partial charge in [-0.1, -0.05) is 29.3 Å². The van der Waals surface area contributed by atoms with Gasteiger partial charge >= 0.3 is 0 Å². The van der Waals surface area contributed by atoms with Gasteiger partial charge in [-0.3, -0.25) is 19.7 Å². The van der Waals surface area contributed by atoms with E-state index in [1.54, 1.807) is 12.1 Å². The fourth-order valence-corrected chi connectivity index (χ4v) is 3.32. The van der Waals surface area contributed by atoms with Crippen molar-refractivity contribution in [2.75, 3.05) is 13.1 Å². The summed E-state index contributed by atoms with van der Waals surface area (Å²) in [4.78, 5) is 42.1. The molecule has 2 aliphatic rings. The Morgan fingerprint density at radius 1 is 1.07 bits per heavy atom. The monoisotopic (exact) mass is 406 g/mol. The van der Waals surface area contributed by atoms with E-state index in [0.717, 1.165) is 17.0 Å². The van der Waals surface area contributed by atoms with E-state index in [0.29, 0.717) is 29.5 Å². The second-order valence-electron chi connectivity index (χ2n) is 6.30. The van der Waals surface area contributed by atoms with Crippen molar-refractivity contribution < 1.29 is 14.4 Å². The maximum absolute atomic E-state index is 11.1. The molecule has 0 aliphatic carbocycles. The predicted molar refractivity (Wildman–Crippen MR) is 100.0 cm³/mol. The zero-order chi connectivity index (χ0) is 19.6. The van der Waals surface area contributed by atoms with Gasteiger partial charge in [0.1, 0.15) is 6.33 Å². The zero-order valence-corrected chi connectivity index (χ0v) is 15.9. The third-order valence-electron chi connectivity index (χ3n) is 4.44. The summed E-state index contributed by atoms with van der Waals surface area (Å²) in [5, 5.41) is 3.32.